The predicted molar refractivity (Wildman–Crippen MR) is 89.5 cm³/mol. The number of imidazole rings is 1. The van der Waals surface area contributed by atoms with Gasteiger partial charge in [0.1, 0.15) is 17.8 Å². The molecule has 0 fully saturated rings. The van der Waals surface area contributed by atoms with E-state index in [4.69, 9.17) is 4.98 Å². The van der Waals surface area contributed by atoms with Gasteiger partial charge in [0.05, 0.1) is 12.2 Å². The fraction of sp³-hybridized carbons (Fsp3) is 0.438. The van der Waals surface area contributed by atoms with Gasteiger partial charge in [0.2, 0.25) is 5.95 Å². The number of nitrogens with zero attached hydrogens (tertiary/aromatic N) is 8. The van der Waals surface area contributed by atoms with Gasteiger partial charge in [-0.15, -0.1) is 10.2 Å². The summed E-state index contributed by atoms with van der Waals surface area (Å²) in [6, 6.07) is 0.425. The molecule has 1 atom stereocenters. The Bertz CT molecular complexity index is 864. The lowest BCUT2D eigenvalue weighted by molar-refractivity contribution is 0.496. The van der Waals surface area contributed by atoms with Crippen molar-refractivity contribution in [2.75, 3.05) is 4.90 Å². The Morgan fingerprint density at radius 1 is 1.25 bits per heavy atom. The van der Waals surface area contributed by atoms with Crippen LogP contribution in [-0.4, -0.2) is 40.3 Å². The molecule has 124 valence electrons. The van der Waals surface area contributed by atoms with Crippen molar-refractivity contribution < 1.29 is 0 Å². The quantitative estimate of drug-likeness (QED) is 0.735. The molecule has 1 aliphatic rings. The highest BCUT2D eigenvalue weighted by Crippen LogP contribution is 2.39. The summed E-state index contributed by atoms with van der Waals surface area (Å²) in [5.74, 6) is 3.33. The standard InChI is InChI=1S/C16H20N8/c1-5-12-15-21-20-11(4)24(15)13-8-18-16(22-7-6-17-9-22)19-14(13)23(12)10(2)3/h6-10,12H,5H2,1-4H3. The van der Waals surface area contributed by atoms with Crippen LogP contribution in [0.15, 0.2) is 24.9 Å². The topological polar surface area (TPSA) is 77.5 Å². The van der Waals surface area contributed by atoms with Crippen LogP contribution in [0, 0.1) is 6.92 Å². The Kier molecular flexibility index (Phi) is 3.33. The Balaban J connectivity index is 1.97. The van der Waals surface area contributed by atoms with E-state index in [2.05, 4.69) is 50.4 Å². The van der Waals surface area contributed by atoms with Gasteiger partial charge < -0.3 is 4.90 Å². The second-order valence-electron chi connectivity index (χ2n) is 6.21. The van der Waals surface area contributed by atoms with E-state index in [0.29, 0.717) is 5.95 Å². The molecule has 3 aromatic rings. The molecule has 1 aliphatic heterocycles. The molecule has 0 saturated heterocycles. The average Bonchev–Trinajstić information content (AvgIpc) is 3.23. The number of fused-ring (bicyclic) bond motifs is 3. The Labute approximate surface area is 140 Å². The van der Waals surface area contributed by atoms with Crippen molar-refractivity contribution in [1.82, 2.24) is 34.3 Å². The summed E-state index contributed by atoms with van der Waals surface area (Å²) in [7, 11) is 0. The van der Waals surface area contributed by atoms with Gasteiger partial charge in [-0.25, -0.2) is 9.97 Å². The van der Waals surface area contributed by atoms with Crippen molar-refractivity contribution >= 4 is 5.82 Å². The highest BCUT2D eigenvalue weighted by Gasteiger charge is 2.36. The minimum absolute atomic E-state index is 0.143. The number of aryl methyl sites for hydroxylation is 1. The summed E-state index contributed by atoms with van der Waals surface area (Å²) in [5, 5.41) is 8.69. The fourth-order valence-electron chi connectivity index (χ4n) is 3.35. The largest absolute Gasteiger partial charge is 0.342 e. The number of hydrogen-bond donors (Lipinski definition) is 0. The summed E-state index contributed by atoms with van der Waals surface area (Å²) in [6.07, 6.45) is 8.05. The zero-order valence-electron chi connectivity index (χ0n) is 14.2. The van der Waals surface area contributed by atoms with Gasteiger partial charge in [0.25, 0.3) is 0 Å². The number of aromatic nitrogens is 7. The molecular formula is C16H20N8. The van der Waals surface area contributed by atoms with Crippen LogP contribution < -0.4 is 4.90 Å². The molecule has 3 aromatic heterocycles. The van der Waals surface area contributed by atoms with E-state index in [1.54, 1.807) is 12.5 Å². The second kappa shape index (κ2) is 5.40. The lowest BCUT2D eigenvalue weighted by atomic mass is 10.1. The molecule has 4 heterocycles. The molecule has 0 saturated carbocycles. The van der Waals surface area contributed by atoms with Crippen molar-refractivity contribution in [3.05, 3.63) is 36.6 Å². The first-order valence-electron chi connectivity index (χ1n) is 8.17. The number of rotatable bonds is 3. The maximum atomic E-state index is 4.84. The van der Waals surface area contributed by atoms with Crippen LogP contribution in [0.25, 0.3) is 11.6 Å². The molecule has 0 N–H and O–H groups in total. The highest BCUT2D eigenvalue weighted by atomic mass is 15.4. The van der Waals surface area contributed by atoms with Crippen LogP contribution >= 0.6 is 0 Å². The summed E-state index contributed by atoms with van der Waals surface area (Å²) in [6.45, 7) is 8.47. The molecule has 24 heavy (non-hydrogen) atoms. The third kappa shape index (κ3) is 2.02. The first-order chi connectivity index (χ1) is 11.6. The minimum Gasteiger partial charge on any atom is -0.342 e. The maximum Gasteiger partial charge on any atom is 0.236 e. The molecule has 0 aliphatic carbocycles. The minimum atomic E-state index is 0.143. The Morgan fingerprint density at radius 3 is 2.75 bits per heavy atom. The molecule has 4 rings (SSSR count). The van der Waals surface area contributed by atoms with Crippen LogP contribution in [0.1, 0.15) is 44.9 Å². The molecule has 0 amide bonds. The monoisotopic (exact) mass is 324 g/mol. The van der Waals surface area contributed by atoms with E-state index >= 15 is 0 Å². The second-order valence-corrected chi connectivity index (χ2v) is 6.21. The van der Waals surface area contributed by atoms with Gasteiger partial charge in [0, 0.05) is 18.4 Å². The molecule has 8 heteroatoms. The van der Waals surface area contributed by atoms with Crippen LogP contribution in [0.5, 0.6) is 0 Å². The smallest absolute Gasteiger partial charge is 0.236 e. The third-order valence-electron chi connectivity index (χ3n) is 4.38. The first-order valence-corrected chi connectivity index (χ1v) is 8.17. The van der Waals surface area contributed by atoms with Gasteiger partial charge >= 0.3 is 0 Å². The van der Waals surface area contributed by atoms with Crippen LogP contribution in [0.2, 0.25) is 0 Å². The van der Waals surface area contributed by atoms with Crippen molar-refractivity contribution in [2.45, 2.75) is 46.2 Å². The van der Waals surface area contributed by atoms with E-state index in [1.165, 1.54) is 0 Å². The number of anilines is 1. The Hall–Kier alpha value is -2.77. The summed E-state index contributed by atoms with van der Waals surface area (Å²) in [5.41, 5.74) is 0.926. The predicted octanol–water partition coefficient (Wildman–Crippen LogP) is 2.23. The van der Waals surface area contributed by atoms with E-state index in [9.17, 15) is 0 Å². The molecule has 0 aromatic carbocycles. The van der Waals surface area contributed by atoms with Crippen molar-refractivity contribution in [1.29, 1.82) is 0 Å². The van der Waals surface area contributed by atoms with E-state index in [1.807, 2.05) is 23.9 Å². The van der Waals surface area contributed by atoms with Crippen molar-refractivity contribution in [3.8, 4) is 11.6 Å². The molecule has 8 nitrogen and oxygen atoms in total. The van der Waals surface area contributed by atoms with E-state index in [-0.39, 0.29) is 12.1 Å². The maximum absolute atomic E-state index is 4.84. The van der Waals surface area contributed by atoms with Gasteiger partial charge in [-0.3, -0.25) is 9.13 Å². The molecule has 1 unspecified atom stereocenters. The lowest BCUT2D eigenvalue weighted by Gasteiger charge is -2.39. The van der Waals surface area contributed by atoms with Gasteiger partial charge in [-0.05, 0) is 27.2 Å². The van der Waals surface area contributed by atoms with Crippen molar-refractivity contribution in [2.24, 2.45) is 0 Å². The zero-order valence-corrected chi connectivity index (χ0v) is 14.2. The van der Waals surface area contributed by atoms with Crippen LogP contribution in [-0.2, 0) is 0 Å². The molecule has 0 spiro atoms. The van der Waals surface area contributed by atoms with Gasteiger partial charge in [0.15, 0.2) is 11.6 Å². The first kappa shape index (κ1) is 14.8. The molecular weight excluding hydrogens is 304 g/mol. The van der Waals surface area contributed by atoms with Gasteiger partial charge in [-0.2, -0.15) is 4.98 Å². The fourth-order valence-corrected chi connectivity index (χ4v) is 3.35. The van der Waals surface area contributed by atoms with E-state index in [0.717, 1.165) is 29.6 Å². The summed E-state index contributed by atoms with van der Waals surface area (Å²) in [4.78, 5) is 15.7. The van der Waals surface area contributed by atoms with Crippen molar-refractivity contribution in [3.63, 3.8) is 0 Å². The highest BCUT2D eigenvalue weighted by molar-refractivity contribution is 5.63. The lowest BCUT2D eigenvalue weighted by Crippen LogP contribution is -2.40. The Morgan fingerprint density at radius 2 is 2.08 bits per heavy atom. The summed E-state index contributed by atoms with van der Waals surface area (Å²) < 4.78 is 3.88. The number of hydrogen-bond acceptors (Lipinski definition) is 6. The van der Waals surface area contributed by atoms with Crippen LogP contribution in [0.3, 0.4) is 0 Å². The average molecular weight is 324 g/mol. The zero-order chi connectivity index (χ0) is 16.8. The SMILES string of the molecule is CCC1c2nnc(C)n2-c2cnc(-n3ccnc3)nc2N1C(C)C. The van der Waals surface area contributed by atoms with Gasteiger partial charge in [-0.1, -0.05) is 6.92 Å². The van der Waals surface area contributed by atoms with E-state index < -0.39 is 0 Å². The molecule has 0 bridgehead atoms. The molecule has 0 radical (unpaired) electrons. The van der Waals surface area contributed by atoms with Crippen LogP contribution in [0.4, 0.5) is 5.82 Å². The summed E-state index contributed by atoms with van der Waals surface area (Å²) >= 11 is 0. The normalized spacial score (nSPS) is 16.4. The third-order valence-corrected chi connectivity index (χ3v) is 4.38.